The number of anilines is 2. The summed E-state index contributed by atoms with van der Waals surface area (Å²) in [5.41, 5.74) is 1.41. The maximum absolute atomic E-state index is 12.5. The SMILES string of the molecule is O=C(COc1ccc(N2C[C@H](C(=O)NC[C@H]3CCCO3)CC2=O)cc1)Nc1ccccc1. The molecule has 2 heterocycles. The minimum atomic E-state index is -0.374. The highest BCUT2D eigenvalue weighted by molar-refractivity contribution is 6.00. The average molecular weight is 437 g/mol. The first-order chi connectivity index (χ1) is 15.6. The number of ether oxygens (including phenoxy) is 2. The molecule has 8 heteroatoms. The van der Waals surface area contributed by atoms with Gasteiger partial charge >= 0.3 is 0 Å². The fraction of sp³-hybridized carbons (Fsp3) is 0.375. The Labute approximate surface area is 186 Å². The van der Waals surface area contributed by atoms with Crippen LogP contribution >= 0.6 is 0 Å². The van der Waals surface area contributed by atoms with Crippen molar-refractivity contribution in [3.8, 4) is 5.75 Å². The summed E-state index contributed by atoms with van der Waals surface area (Å²) < 4.78 is 11.1. The predicted molar refractivity (Wildman–Crippen MR) is 119 cm³/mol. The number of carbonyl (C=O) groups is 3. The van der Waals surface area contributed by atoms with Gasteiger partial charge in [0.05, 0.1) is 12.0 Å². The Hall–Kier alpha value is -3.39. The molecule has 2 aromatic rings. The summed E-state index contributed by atoms with van der Waals surface area (Å²) in [6.07, 6.45) is 2.25. The van der Waals surface area contributed by atoms with Crippen molar-refractivity contribution in [2.24, 2.45) is 5.92 Å². The third-order valence-corrected chi connectivity index (χ3v) is 5.60. The molecule has 2 aromatic carbocycles. The van der Waals surface area contributed by atoms with E-state index in [4.69, 9.17) is 9.47 Å². The molecule has 0 unspecified atom stereocenters. The molecule has 3 amide bonds. The normalized spacial score (nSPS) is 20.2. The van der Waals surface area contributed by atoms with Gasteiger partial charge in [0.25, 0.3) is 5.91 Å². The van der Waals surface area contributed by atoms with E-state index < -0.39 is 0 Å². The van der Waals surface area contributed by atoms with Gasteiger partial charge < -0.3 is 25.0 Å². The van der Waals surface area contributed by atoms with Gasteiger partial charge in [-0.3, -0.25) is 14.4 Å². The summed E-state index contributed by atoms with van der Waals surface area (Å²) in [6.45, 7) is 1.46. The fourth-order valence-corrected chi connectivity index (χ4v) is 3.89. The zero-order chi connectivity index (χ0) is 22.3. The molecule has 4 rings (SSSR count). The van der Waals surface area contributed by atoms with Gasteiger partial charge in [0, 0.05) is 37.5 Å². The molecular formula is C24H27N3O5. The van der Waals surface area contributed by atoms with Crippen LogP contribution in [-0.4, -0.2) is 50.1 Å². The minimum Gasteiger partial charge on any atom is -0.484 e. The van der Waals surface area contributed by atoms with E-state index in [1.807, 2.05) is 18.2 Å². The van der Waals surface area contributed by atoms with Crippen molar-refractivity contribution < 1.29 is 23.9 Å². The van der Waals surface area contributed by atoms with Crippen LogP contribution in [0.2, 0.25) is 0 Å². The van der Waals surface area contributed by atoms with Gasteiger partial charge in [-0.05, 0) is 49.2 Å². The highest BCUT2D eigenvalue weighted by atomic mass is 16.5. The molecule has 2 N–H and O–H groups in total. The lowest BCUT2D eigenvalue weighted by Gasteiger charge is -2.18. The highest BCUT2D eigenvalue weighted by Crippen LogP contribution is 2.27. The topological polar surface area (TPSA) is 97.0 Å². The van der Waals surface area contributed by atoms with Gasteiger partial charge in [-0.2, -0.15) is 0 Å². The molecule has 2 aliphatic heterocycles. The summed E-state index contributed by atoms with van der Waals surface area (Å²) in [7, 11) is 0. The van der Waals surface area contributed by atoms with E-state index in [0.29, 0.717) is 30.2 Å². The Morgan fingerprint density at radius 1 is 1.09 bits per heavy atom. The van der Waals surface area contributed by atoms with Gasteiger partial charge in [0.2, 0.25) is 11.8 Å². The number of para-hydroxylation sites is 1. The fourth-order valence-electron chi connectivity index (χ4n) is 3.89. The van der Waals surface area contributed by atoms with Crippen LogP contribution in [0.3, 0.4) is 0 Å². The molecule has 8 nitrogen and oxygen atoms in total. The van der Waals surface area contributed by atoms with Crippen molar-refractivity contribution in [1.82, 2.24) is 5.32 Å². The molecule has 0 aromatic heterocycles. The standard InChI is InChI=1S/C24H27N3O5/c28-22(26-18-5-2-1-3-6-18)16-32-20-10-8-19(9-11-20)27-15-17(13-23(27)29)24(30)25-14-21-7-4-12-31-21/h1-3,5-6,8-11,17,21H,4,7,12-16H2,(H,25,30)(H,26,28)/t17-,21-/m1/s1. The lowest BCUT2D eigenvalue weighted by molar-refractivity contribution is -0.126. The Balaban J connectivity index is 1.25. The maximum atomic E-state index is 12.5. The molecule has 0 radical (unpaired) electrons. The van der Waals surface area contributed by atoms with Crippen molar-refractivity contribution in [3.63, 3.8) is 0 Å². The Kier molecular flexibility index (Phi) is 7.01. The van der Waals surface area contributed by atoms with E-state index >= 15 is 0 Å². The Bertz CT molecular complexity index is 942. The molecule has 32 heavy (non-hydrogen) atoms. The van der Waals surface area contributed by atoms with Gasteiger partial charge in [-0.15, -0.1) is 0 Å². The second-order valence-corrected chi connectivity index (χ2v) is 7.98. The van der Waals surface area contributed by atoms with Crippen LogP contribution in [0, 0.1) is 5.92 Å². The van der Waals surface area contributed by atoms with Crippen LogP contribution in [0.1, 0.15) is 19.3 Å². The number of carbonyl (C=O) groups excluding carboxylic acids is 3. The van der Waals surface area contributed by atoms with Crippen molar-refractivity contribution in [2.45, 2.75) is 25.4 Å². The van der Waals surface area contributed by atoms with Crippen molar-refractivity contribution >= 4 is 29.1 Å². The first-order valence-electron chi connectivity index (χ1n) is 10.9. The van der Waals surface area contributed by atoms with Crippen molar-refractivity contribution in [1.29, 1.82) is 0 Å². The molecular weight excluding hydrogens is 410 g/mol. The van der Waals surface area contributed by atoms with Crippen molar-refractivity contribution in [2.75, 3.05) is 36.5 Å². The number of rotatable bonds is 8. The van der Waals surface area contributed by atoms with Crippen LogP contribution < -0.4 is 20.3 Å². The van der Waals surface area contributed by atoms with E-state index in [-0.39, 0.29) is 42.8 Å². The number of benzene rings is 2. The van der Waals surface area contributed by atoms with E-state index in [0.717, 1.165) is 19.4 Å². The van der Waals surface area contributed by atoms with Gasteiger partial charge in [-0.25, -0.2) is 0 Å². The monoisotopic (exact) mass is 437 g/mol. The number of hydrogen-bond donors (Lipinski definition) is 2. The van der Waals surface area contributed by atoms with Crippen LogP contribution in [0.5, 0.6) is 5.75 Å². The largest absolute Gasteiger partial charge is 0.484 e. The molecule has 2 saturated heterocycles. The average Bonchev–Trinajstić information content (AvgIpc) is 3.47. The lowest BCUT2D eigenvalue weighted by atomic mass is 10.1. The molecule has 0 bridgehead atoms. The summed E-state index contributed by atoms with van der Waals surface area (Å²) in [4.78, 5) is 38.5. The lowest BCUT2D eigenvalue weighted by Crippen LogP contribution is -2.37. The number of nitrogens with zero attached hydrogens (tertiary/aromatic N) is 1. The first-order valence-corrected chi connectivity index (χ1v) is 10.9. The molecule has 168 valence electrons. The van der Waals surface area contributed by atoms with E-state index in [1.165, 1.54) is 0 Å². The summed E-state index contributed by atoms with van der Waals surface area (Å²) in [5, 5.41) is 5.67. The Morgan fingerprint density at radius 3 is 2.59 bits per heavy atom. The zero-order valence-corrected chi connectivity index (χ0v) is 17.8. The number of nitrogens with one attached hydrogen (secondary N) is 2. The third-order valence-electron chi connectivity index (χ3n) is 5.60. The third kappa shape index (κ3) is 5.64. The van der Waals surface area contributed by atoms with Crippen LogP contribution in [0.4, 0.5) is 11.4 Å². The van der Waals surface area contributed by atoms with Crippen LogP contribution in [0.25, 0.3) is 0 Å². The maximum Gasteiger partial charge on any atom is 0.262 e. The van der Waals surface area contributed by atoms with Crippen LogP contribution in [0.15, 0.2) is 54.6 Å². The highest BCUT2D eigenvalue weighted by Gasteiger charge is 2.35. The van der Waals surface area contributed by atoms with Crippen molar-refractivity contribution in [3.05, 3.63) is 54.6 Å². The van der Waals surface area contributed by atoms with E-state index in [1.54, 1.807) is 41.3 Å². The zero-order valence-electron chi connectivity index (χ0n) is 17.8. The van der Waals surface area contributed by atoms with Gasteiger partial charge in [0.15, 0.2) is 6.61 Å². The Morgan fingerprint density at radius 2 is 1.88 bits per heavy atom. The predicted octanol–water partition coefficient (Wildman–Crippen LogP) is 2.35. The second-order valence-electron chi connectivity index (χ2n) is 7.98. The van der Waals surface area contributed by atoms with E-state index in [9.17, 15) is 14.4 Å². The molecule has 0 saturated carbocycles. The number of amides is 3. The molecule has 2 fully saturated rings. The second kappa shape index (κ2) is 10.3. The van der Waals surface area contributed by atoms with E-state index in [2.05, 4.69) is 10.6 Å². The molecule has 2 atom stereocenters. The summed E-state index contributed by atoms with van der Waals surface area (Å²) in [5.74, 6) is -0.304. The molecule has 0 aliphatic carbocycles. The van der Waals surface area contributed by atoms with Gasteiger partial charge in [-0.1, -0.05) is 18.2 Å². The number of hydrogen-bond acceptors (Lipinski definition) is 5. The summed E-state index contributed by atoms with van der Waals surface area (Å²) in [6, 6.07) is 16.1. The smallest absolute Gasteiger partial charge is 0.262 e. The van der Waals surface area contributed by atoms with Crippen LogP contribution in [-0.2, 0) is 19.1 Å². The molecule has 2 aliphatic rings. The molecule has 0 spiro atoms. The summed E-state index contributed by atoms with van der Waals surface area (Å²) >= 11 is 0. The minimum absolute atomic E-state index is 0.0782. The quantitative estimate of drug-likeness (QED) is 0.661. The van der Waals surface area contributed by atoms with Gasteiger partial charge in [0.1, 0.15) is 5.75 Å². The first kappa shape index (κ1) is 21.8.